The lowest BCUT2D eigenvalue weighted by Gasteiger charge is -2.29. The molecule has 0 bridgehead atoms. The number of aromatic nitrogens is 1. The van der Waals surface area contributed by atoms with Crippen LogP contribution in [0.2, 0.25) is 0 Å². The zero-order valence-corrected chi connectivity index (χ0v) is 18.0. The summed E-state index contributed by atoms with van der Waals surface area (Å²) in [4.78, 5) is 20.2. The highest BCUT2D eigenvalue weighted by atomic mass is 32.2. The van der Waals surface area contributed by atoms with Gasteiger partial charge in [-0.2, -0.15) is 4.31 Å². The molecule has 1 aromatic heterocycles. The van der Waals surface area contributed by atoms with Gasteiger partial charge in [-0.05, 0) is 31.0 Å². The van der Waals surface area contributed by atoms with Crippen molar-refractivity contribution < 1.29 is 17.9 Å². The number of carbonyl (C=O) groups is 1. The predicted molar refractivity (Wildman–Crippen MR) is 114 cm³/mol. The highest BCUT2D eigenvalue weighted by Crippen LogP contribution is 2.24. The largest absolute Gasteiger partial charge is 0.379 e. The van der Waals surface area contributed by atoms with E-state index in [1.165, 1.54) is 16.6 Å². The van der Waals surface area contributed by atoms with E-state index in [9.17, 15) is 13.2 Å². The Bertz CT molecular complexity index is 970. The molecule has 30 heavy (non-hydrogen) atoms. The molecule has 0 saturated carbocycles. The van der Waals surface area contributed by atoms with Gasteiger partial charge in [-0.25, -0.2) is 8.42 Å². The summed E-state index contributed by atoms with van der Waals surface area (Å²) < 4.78 is 32.3. The Hall–Kier alpha value is -2.36. The van der Waals surface area contributed by atoms with E-state index >= 15 is 0 Å². The summed E-state index contributed by atoms with van der Waals surface area (Å²) in [6, 6.07) is 11.6. The number of H-pyrrole nitrogens is 1. The quantitative estimate of drug-likeness (QED) is 0.752. The van der Waals surface area contributed by atoms with E-state index in [4.69, 9.17) is 4.74 Å². The maximum absolute atomic E-state index is 13.1. The summed E-state index contributed by atoms with van der Waals surface area (Å²) in [7, 11) is -1.60. The van der Waals surface area contributed by atoms with Gasteiger partial charge in [0.05, 0.1) is 13.2 Å². The predicted octanol–water partition coefficient (Wildman–Crippen LogP) is 1.78. The number of likely N-dealkylation sites (N-methyl/N-ethyl adjacent to an activating group) is 1. The minimum Gasteiger partial charge on any atom is -0.379 e. The molecule has 1 amide bonds. The molecule has 0 spiro atoms. The topological polar surface area (TPSA) is 86.0 Å². The number of amides is 1. The van der Waals surface area contributed by atoms with E-state index in [0.29, 0.717) is 38.5 Å². The van der Waals surface area contributed by atoms with Crippen molar-refractivity contribution in [1.29, 1.82) is 0 Å². The number of sulfonamides is 1. The van der Waals surface area contributed by atoms with Gasteiger partial charge < -0.3 is 19.5 Å². The van der Waals surface area contributed by atoms with Crippen molar-refractivity contribution in [2.75, 3.05) is 51.3 Å². The van der Waals surface area contributed by atoms with E-state index in [1.54, 1.807) is 0 Å². The molecule has 4 rings (SSSR count). The zero-order valence-electron chi connectivity index (χ0n) is 17.2. The van der Waals surface area contributed by atoms with Crippen LogP contribution in [0.15, 0.2) is 47.5 Å². The van der Waals surface area contributed by atoms with Gasteiger partial charge in [0.2, 0.25) is 10.0 Å². The SMILES string of the molecule is CN(CC1CCCN1C(=O)c1cc(S(=O)(=O)N2CCOCC2)c[nH]1)c1ccccc1. The molecular formula is C21H28N4O4S. The number of ether oxygens (including phenoxy) is 1. The molecule has 8 nitrogen and oxygen atoms in total. The Labute approximate surface area is 177 Å². The van der Waals surface area contributed by atoms with Crippen LogP contribution in [-0.4, -0.2) is 81.0 Å². The minimum absolute atomic E-state index is 0.0882. The number of morpholine rings is 1. The Morgan fingerprint density at radius 3 is 2.67 bits per heavy atom. The summed E-state index contributed by atoms with van der Waals surface area (Å²) >= 11 is 0. The molecule has 0 radical (unpaired) electrons. The maximum atomic E-state index is 13.1. The number of para-hydroxylation sites is 1. The second kappa shape index (κ2) is 8.79. The standard InChI is InChI=1S/C21H28N4O4S/c1-23(17-6-3-2-4-7-17)16-18-8-5-9-25(18)21(26)20-14-19(15-22-20)30(27,28)24-10-12-29-13-11-24/h2-4,6-7,14-15,18,22H,5,8-13,16H2,1H3. The molecule has 162 valence electrons. The van der Waals surface area contributed by atoms with Crippen molar-refractivity contribution in [1.82, 2.24) is 14.2 Å². The van der Waals surface area contributed by atoms with Crippen molar-refractivity contribution in [3.8, 4) is 0 Å². The zero-order chi connectivity index (χ0) is 21.1. The van der Waals surface area contributed by atoms with Crippen LogP contribution in [0.25, 0.3) is 0 Å². The highest BCUT2D eigenvalue weighted by molar-refractivity contribution is 7.89. The Kier molecular flexibility index (Phi) is 6.12. The van der Waals surface area contributed by atoms with Gasteiger partial charge >= 0.3 is 0 Å². The molecule has 0 aliphatic carbocycles. The summed E-state index contributed by atoms with van der Waals surface area (Å²) in [5.74, 6) is -0.151. The van der Waals surface area contributed by atoms with E-state index in [1.807, 2.05) is 30.1 Å². The normalized spacial score (nSPS) is 20.4. The number of carbonyl (C=O) groups excluding carboxylic acids is 1. The molecule has 3 heterocycles. The molecular weight excluding hydrogens is 404 g/mol. The number of likely N-dealkylation sites (tertiary alicyclic amines) is 1. The number of aromatic amines is 1. The Morgan fingerprint density at radius 2 is 1.93 bits per heavy atom. The van der Waals surface area contributed by atoms with Crippen LogP contribution < -0.4 is 4.90 Å². The first-order chi connectivity index (χ1) is 14.5. The molecule has 1 aromatic carbocycles. The van der Waals surface area contributed by atoms with Gasteiger partial charge in [-0.3, -0.25) is 4.79 Å². The molecule has 1 N–H and O–H groups in total. The molecule has 1 unspecified atom stereocenters. The van der Waals surface area contributed by atoms with Crippen LogP contribution in [0.3, 0.4) is 0 Å². The van der Waals surface area contributed by atoms with E-state index in [2.05, 4.69) is 22.0 Å². The Balaban J connectivity index is 1.46. The lowest BCUT2D eigenvalue weighted by molar-refractivity contribution is 0.0729. The number of anilines is 1. The molecule has 2 aliphatic rings. The average molecular weight is 433 g/mol. The van der Waals surface area contributed by atoms with Gasteiger partial charge in [0.1, 0.15) is 10.6 Å². The maximum Gasteiger partial charge on any atom is 0.270 e. The second-order valence-corrected chi connectivity index (χ2v) is 9.71. The van der Waals surface area contributed by atoms with Gasteiger partial charge in [-0.15, -0.1) is 0 Å². The number of nitrogens with one attached hydrogen (secondary N) is 1. The van der Waals surface area contributed by atoms with Crippen molar-refractivity contribution in [3.05, 3.63) is 48.3 Å². The fourth-order valence-corrected chi connectivity index (χ4v) is 5.54. The molecule has 2 saturated heterocycles. The van der Waals surface area contributed by atoms with Crippen LogP contribution in [0, 0.1) is 0 Å². The molecule has 2 aliphatic heterocycles. The van der Waals surface area contributed by atoms with E-state index in [0.717, 1.165) is 25.1 Å². The third-order valence-corrected chi connectivity index (χ3v) is 7.69. The van der Waals surface area contributed by atoms with E-state index < -0.39 is 10.0 Å². The third kappa shape index (κ3) is 4.23. The molecule has 1 atom stereocenters. The summed E-state index contributed by atoms with van der Waals surface area (Å²) in [6.07, 6.45) is 3.29. The number of benzene rings is 1. The van der Waals surface area contributed by atoms with Gasteiger partial charge in [0.15, 0.2) is 0 Å². The lowest BCUT2D eigenvalue weighted by Crippen LogP contribution is -2.42. The highest BCUT2D eigenvalue weighted by Gasteiger charge is 2.33. The summed E-state index contributed by atoms with van der Waals surface area (Å²) in [6.45, 7) is 2.85. The van der Waals surface area contributed by atoms with Crippen LogP contribution in [0.4, 0.5) is 5.69 Å². The summed E-state index contributed by atoms with van der Waals surface area (Å²) in [5, 5.41) is 0. The minimum atomic E-state index is -3.62. The number of hydrogen-bond donors (Lipinski definition) is 1. The van der Waals surface area contributed by atoms with Gasteiger partial charge in [0, 0.05) is 51.2 Å². The van der Waals surface area contributed by atoms with Gasteiger partial charge in [-0.1, -0.05) is 18.2 Å². The van der Waals surface area contributed by atoms with Crippen LogP contribution >= 0.6 is 0 Å². The third-order valence-electron chi connectivity index (χ3n) is 5.81. The van der Waals surface area contributed by atoms with Crippen molar-refractivity contribution in [2.24, 2.45) is 0 Å². The van der Waals surface area contributed by atoms with Crippen molar-refractivity contribution in [3.63, 3.8) is 0 Å². The number of rotatable bonds is 6. The molecule has 2 fully saturated rings. The second-order valence-electron chi connectivity index (χ2n) is 7.78. The van der Waals surface area contributed by atoms with Gasteiger partial charge in [0.25, 0.3) is 5.91 Å². The Morgan fingerprint density at radius 1 is 1.20 bits per heavy atom. The van der Waals surface area contributed by atoms with Crippen LogP contribution in [0.1, 0.15) is 23.3 Å². The summed E-state index contributed by atoms with van der Waals surface area (Å²) in [5.41, 5.74) is 1.42. The van der Waals surface area contributed by atoms with Crippen molar-refractivity contribution in [2.45, 2.75) is 23.8 Å². The van der Waals surface area contributed by atoms with Crippen LogP contribution in [-0.2, 0) is 14.8 Å². The number of nitrogens with zero attached hydrogens (tertiary/aromatic N) is 3. The monoisotopic (exact) mass is 432 g/mol. The molecule has 2 aromatic rings. The first-order valence-electron chi connectivity index (χ1n) is 10.3. The fraction of sp³-hybridized carbons (Fsp3) is 0.476. The number of hydrogen-bond acceptors (Lipinski definition) is 5. The smallest absolute Gasteiger partial charge is 0.270 e. The van der Waals surface area contributed by atoms with Crippen molar-refractivity contribution >= 4 is 21.6 Å². The fourth-order valence-electron chi connectivity index (χ4n) is 4.13. The first kappa shape index (κ1) is 20.9. The van der Waals surface area contributed by atoms with E-state index in [-0.39, 0.29) is 16.8 Å². The lowest BCUT2D eigenvalue weighted by atomic mass is 10.2. The molecule has 9 heteroatoms. The first-order valence-corrected chi connectivity index (χ1v) is 11.7. The average Bonchev–Trinajstić information content (AvgIpc) is 3.45. The van der Waals surface area contributed by atoms with Crippen LogP contribution in [0.5, 0.6) is 0 Å².